The van der Waals surface area contributed by atoms with Crippen LogP contribution in [0.5, 0.6) is 5.75 Å². The highest BCUT2D eigenvalue weighted by Crippen LogP contribution is 2.25. The molecule has 0 radical (unpaired) electrons. The molecule has 0 saturated carbocycles. The summed E-state index contributed by atoms with van der Waals surface area (Å²) in [5.74, 6) is 0.539. The van der Waals surface area contributed by atoms with Gasteiger partial charge >= 0.3 is 0 Å². The average molecular weight is 332 g/mol. The van der Waals surface area contributed by atoms with Crippen LogP contribution < -0.4 is 10.1 Å². The lowest BCUT2D eigenvalue weighted by atomic mass is 10.1. The number of pyridine rings is 1. The molecule has 0 unspecified atom stereocenters. The number of amides is 1. The van der Waals surface area contributed by atoms with Gasteiger partial charge in [-0.25, -0.2) is 0 Å². The Morgan fingerprint density at radius 3 is 2.68 bits per heavy atom. The van der Waals surface area contributed by atoms with Crippen molar-refractivity contribution in [3.63, 3.8) is 0 Å². The number of methoxy groups -OCH3 is 1. The first kappa shape index (κ1) is 16.7. The molecule has 1 heterocycles. The number of ether oxygens (including phenoxy) is 1. The molecule has 0 bridgehead atoms. The molecule has 25 heavy (non-hydrogen) atoms. The van der Waals surface area contributed by atoms with E-state index < -0.39 is 0 Å². The molecule has 1 amide bonds. The molecular formula is C21H20N2O2. The van der Waals surface area contributed by atoms with Crippen LogP contribution in [0.2, 0.25) is 0 Å². The quantitative estimate of drug-likeness (QED) is 0.702. The van der Waals surface area contributed by atoms with Crippen molar-refractivity contribution in [1.82, 2.24) is 4.98 Å². The summed E-state index contributed by atoms with van der Waals surface area (Å²) in [5.41, 5.74) is 3.78. The number of anilines is 1. The number of nitrogens with zero attached hydrogens (tertiary/aromatic N) is 1. The Bertz CT molecular complexity index is 915. The van der Waals surface area contributed by atoms with E-state index >= 15 is 0 Å². The Kier molecular flexibility index (Phi) is 5.09. The van der Waals surface area contributed by atoms with Crippen LogP contribution in [0.15, 0.2) is 60.8 Å². The smallest absolute Gasteiger partial charge is 0.248 e. The minimum Gasteiger partial charge on any atom is -0.497 e. The topological polar surface area (TPSA) is 51.2 Å². The molecule has 0 fully saturated rings. The molecule has 4 heteroatoms. The molecule has 0 saturated heterocycles. The molecule has 3 aromatic rings. The summed E-state index contributed by atoms with van der Waals surface area (Å²) >= 11 is 0. The standard InChI is InChI=1S/C21H20N2O2/c1-3-15-4-6-16(7-5-15)8-11-21(24)23-20-12-13-22-19-10-9-17(25-2)14-18(19)20/h4-14H,3H2,1-2H3,(H,22,23,24)/b11-8+. The third-order valence-electron chi connectivity index (χ3n) is 4.02. The van der Waals surface area contributed by atoms with E-state index in [4.69, 9.17) is 4.74 Å². The van der Waals surface area contributed by atoms with Crippen molar-refractivity contribution in [2.24, 2.45) is 0 Å². The van der Waals surface area contributed by atoms with E-state index in [-0.39, 0.29) is 5.91 Å². The van der Waals surface area contributed by atoms with Crippen molar-refractivity contribution < 1.29 is 9.53 Å². The van der Waals surface area contributed by atoms with Crippen LogP contribution in [-0.2, 0) is 11.2 Å². The van der Waals surface area contributed by atoms with Crippen LogP contribution in [0.1, 0.15) is 18.1 Å². The number of rotatable bonds is 5. The molecule has 4 nitrogen and oxygen atoms in total. The zero-order valence-corrected chi connectivity index (χ0v) is 14.3. The lowest BCUT2D eigenvalue weighted by molar-refractivity contribution is -0.111. The largest absolute Gasteiger partial charge is 0.497 e. The summed E-state index contributed by atoms with van der Waals surface area (Å²) in [6.07, 6.45) is 6.02. The minimum atomic E-state index is -0.185. The fourth-order valence-corrected chi connectivity index (χ4v) is 2.57. The number of hydrogen-bond acceptors (Lipinski definition) is 3. The van der Waals surface area contributed by atoms with Gasteiger partial charge in [0, 0.05) is 17.7 Å². The third-order valence-corrected chi connectivity index (χ3v) is 4.02. The van der Waals surface area contributed by atoms with Crippen LogP contribution in [0.3, 0.4) is 0 Å². The van der Waals surface area contributed by atoms with Gasteiger partial charge in [0.05, 0.1) is 18.3 Å². The molecule has 2 aromatic carbocycles. The maximum absolute atomic E-state index is 12.3. The van der Waals surface area contributed by atoms with Crippen molar-refractivity contribution in [2.75, 3.05) is 12.4 Å². The van der Waals surface area contributed by atoms with Gasteiger partial charge in [-0.05, 0) is 47.9 Å². The van der Waals surface area contributed by atoms with Crippen molar-refractivity contribution in [3.8, 4) is 5.75 Å². The predicted molar refractivity (Wildman–Crippen MR) is 102 cm³/mol. The summed E-state index contributed by atoms with van der Waals surface area (Å²) in [6, 6.07) is 15.5. The molecule has 1 aromatic heterocycles. The van der Waals surface area contributed by atoms with Crippen molar-refractivity contribution in [1.29, 1.82) is 0 Å². The molecule has 1 N–H and O–H groups in total. The van der Waals surface area contributed by atoms with Crippen LogP contribution in [-0.4, -0.2) is 18.0 Å². The van der Waals surface area contributed by atoms with Gasteiger partial charge in [0.2, 0.25) is 5.91 Å². The number of aromatic nitrogens is 1. The molecule has 0 spiro atoms. The van der Waals surface area contributed by atoms with E-state index in [2.05, 4.69) is 29.4 Å². The first-order valence-electron chi connectivity index (χ1n) is 8.20. The van der Waals surface area contributed by atoms with Gasteiger partial charge < -0.3 is 10.1 Å². The van der Waals surface area contributed by atoms with Crippen molar-refractivity contribution in [3.05, 3.63) is 71.9 Å². The van der Waals surface area contributed by atoms with E-state index in [1.54, 1.807) is 25.4 Å². The maximum atomic E-state index is 12.3. The number of nitrogens with one attached hydrogen (secondary N) is 1. The molecular weight excluding hydrogens is 312 g/mol. The summed E-state index contributed by atoms with van der Waals surface area (Å²) in [4.78, 5) is 16.6. The second kappa shape index (κ2) is 7.62. The van der Waals surface area contributed by atoms with E-state index in [0.717, 1.165) is 28.6 Å². The van der Waals surface area contributed by atoms with Crippen LogP contribution in [0.4, 0.5) is 5.69 Å². The first-order valence-corrected chi connectivity index (χ1v) is 8.20. The molecule has 3 rings (SSSR count). The van der Waals surface area contributed by atoms with Gasteiger partial charge in [0.25, 0.3) is 0 Å². The molecule has 0 aliphatic rings. The summed E-state index contributed by atoms with van der Waals surface area (Å²) in [5, 5.41) is 3.75. The monoisotopic (exact) mass is 332 g/mol. The SMILES string of the molecule is CCc1ccc(/C=C/C(=O)Nc2ccnc3ccc(OC)cc23)cc1. The zero-order valence-electron chi connectivity index (χ0n) is 14.3. The number of benzene rings is 2. The highest BCUT2D eigenvalue weighted by molar-refractivity contribution is 6.07. The van der Waals surface area contributed by atoms with Gasteiger partial charge in [-0.1, -0.05) is 31.2 Å². The van der Waals surface area contributed by atoms with Crippen molar-refractivity contribution in [2.45, 2.75) is 13.3 Å². The Labute approximate surface area is 147 Å². The summed E-state index contributed by atoms with van der Waals surface area (Å²) in [7, 11) is 1.61. The second-order valence-corrected chi connectivity index (χ2v) is 5.66. The van der Waals surface area contributed by atoms with Gasteiger partial charge in [-0.2, -0.15) is 0 Å². The van der Waals surface area contributed by atoms with Crippen LogP contribution in [0.25, 0.3) is 17.0 Å². The van der Waals surface area contributed by atoms with Crippen molar-refractivity contribution >= 4 is 28.6 Å². The van der Waals surface area contributed by atoms with Gasteiger partial charge in [0.15, 0.2) is 0 Å². The van der Waals surface area contributed by atoms with E-state index in [0.29, 0.717) is 5.69 Å². The Hall–Kier alpha value is -3.14. The lowest BCUT2D eigenvalue weighted by Crippen LogP contribution is -2.08. The summed E-state index contributed by atoms with van der Waals surface area (Å²) in [6.45, 7) is 2.12. The summed E-state index contributed by atoms with van der Waals surface area (Å²) < 4.78 is 5.25. The van der Waals surface area contributed by atoms with Crippen LogP contribution in [0, 0.1) is 0 Å². The van der Waals surface area contributed by atoms with Crippen LogP contribution >= 0.6 is 0 Å². The van der Waals surface area contributed by atoms with Gasteiger partial charge in [-0.3, -0.25) is 9.78 Å². The minimum absolute atomic E-state index is 0.185. The molecule has 126 valence electrons. The van der Waals surface area contributed by atoms with Gasteiger partial charge in [-0.15, -0.1) is 0 Å². The Balaban J connectivity index is 1.78. The maximum Gasteiger partial charge on any atom is 0.248 e. The fourth-order valence-electron chi connectivity index (χ4n) is 2.57. The van der Waals surface area contributed by atoms with E-state index in [9.17, 15) is 4.79 Å². The normalized spacial score (nSPS) is 11.0. The molecule has 0 atom stereocenters. The van der Waals surface area contributed by atoms with E-state index in [1.807, 2.05) is 30.3 Å². The highest BCUT2D eigenvalue weighted by Gasteiger charge is 2.06. The average Bonchev–Trinajstić information content (AvgIpc) is 2.66. The third kappa shape index (κ3) is 4.04. The Morgan fingerprint density at radius 1 is 1.16 bits per heavy atom. The zero-order chi connectivity index (χ0) is 17.6. The fraction of sp³-hybridized carbons (Fsp3) is 0.143. The first-order chi connectivity index (χ1) is 12.2. The van der Waals surface area contributed by atoms with E-state index in [1.165, 1.54) is 11.6 Å². The molecule has 0 aliphatic heterocycles. The van der Waals surface area contributed by atoms with Gasteiger partial charge in [0.1, 0.15) is 5.75 Å². The highest BCUT2D eigenvalue weighted by atomic mass is 16.5. The second-order valence-electron chi connectivity index (χ2n) is 5.66. The number of carbonyl (C=O) groups excluding carboxylic acids is 1. The lowest BCUT2D eigenvalue weighted by Gasteiger charge is -2.08. The molecule has 0 aliphatic carbocycles. The number of fused-ring (bicyclic) bond motifs is 1. The number of hydrogen-bond donors (Lipinski definition) is 1. The Morgan fingerprint density at radius 2 is 1.96 bits per heavy atom. The number of carbonyl (C=O) groups is 1. The number of aryl methyl sites for hydroxylation is 1. The predicted octanol–water partition coefficient (Wildman–Crippen LogP) is 4.46.